The van der Waals surface area contributed by atoms with Crippen LogP contribution in [-0.4, -0.2) is 12.1 Å². The average Bonchev–Trinajstić information content (AvgIpc) is 2.81. The van der Waals surface area contributed by atoms with Crippen LogP contribution in [0.25, 0.3) is 0 Å². The number of nitrogens with two attached hydrogens (primary N) is 1. The summed E-state index contributed by atoms with van der Waals surface area (Å²) in [5.41, 5.74) is 6.33. The molecule has 6 heteroatoms. The monoisotopic (exact) mass is 313 g/mol. The first-order valence-corrected chi connectivity index (χ1v) is 7.05. The SMILES string of the molecule is COc1cc(C(N)=S)ccc1OCc1ccc(Cl)s1. The molecule has 0 aliphatic carbocycles. The third-order valence-corrected chi connectivity index (χ3v) is 3.89. The van der Waals surface area contributed by atoms with E-state index in [1.54, 1.807) is 19.2 Å². The van der Waals surface area contributed by atoms with Crippen LogP contribution in [0.1, 0.15) is 10.4 Å². The molecule has 2 rings (SSSR count). The van der Waals surface area contributed by atoms with Gasteiger partial charge in [0.2, 0.25) is 0 Å². The molecule has 0 aliphatic heterocycles. The van der Waals surface area contributed by atoms with E-state index in [0.717, 1.165) is 14.8 Å². The lowest BCUT2D eigenvalue weighted by molar-refractivity contribution is 0.287. The molecule has 2 N–H and O–H groups in total. The molecule has 0 atom stereocenters. The maximum Gasteiger partial charge on any atom is 0.161 e. The number of thiophene rings is 1. The van der Waals surface area contributed by atoms with Gasteiger partial charge in [-0.05, 0) is 30.3 Å². The molecule has 0 saturated carbocycles. The van der Waals surface area contributed by atoms with Crippen LogP contribution in [0.15, 0.2) is 30.3 Å². The Morgan fingerprint density at radius 2 is 2.11 bits per heavy atom. The van der Waals surface area contributed by atoms with Crippen molar-refractivity contribution in [3.63, 3.8) is 0 Å². The molecule has 0 amide bonds. The highest BCUT2D eigenvalue weighted by molar-refractivity contribution is 7.80. The molecule has 2 aromatic rings. The standard InChI is InChI=1S/C13H12ClNO2S2/c1-16-11-6-8(13(15)18)2-4-10(11)17-7-9-3-5-12(14)19-9/h2-6H,7H2,1H3,(H2,15,18). The Morgan fingerprint density at radius 3 is 2.68 bits per heavy atom. The van der Waals surface area contributed by atoms with Crippen LogP contribution in [0.5, 0.6) is 11.5 Å². The second-order valence-corrected chi connectivity index (χ2v) is 5.96. The quantitative estimate of drug-likeness (QED) is 0.856. The number of benzene rings is 1. The van der Waals surface area contributed by atoms with Crippen LogP contribution < -0.4 is 15.2 Å². The molecule has 0 fully saturated rings. The first-order chi connectivity index (χ1) is 9.10. The fourth-order valence-corrected chi connectivity index (χ4v) is 2.65. The molecule has 100 valence electrons. The van der Waals surface area contributed by atoms with Crippen molar-refractivity contribution in [2.75, 3.05) is 7.11 Å². The molecule has 3 nitrogen and oxygen atoms in total. The summed E-state index contributed by atoms with van der Waals surface area (Å²) < 4.78 is 11.7. The number of thiocarbonyl (C=S) groups is 1. The number of halogens is 1. The first kappa shape index (κ1) is 14.1. The van der Waals surface area contributed by atoms with E-state index in [1.165, 1.54) is 11.3 Å². The van der Waals surface area contributed by atoms with Crippen LogP contribution in [0.2, 0.25) is 4.34 Å². The second kappa shape index (κ2) is 6.23. The zero-order valence-corrected chi connectivity index (χ0v) is 12.6. The molecule has 0 unspecified atom stereocenters. The number of ether oxygens (including phenoxy) is 2. The molecule has 0 aliphatic rings. The van der Waals surface area contributed by atoms with E-state index in [-0.39, 0.29) is 0 Å². The molecular weight excluding hydrogens is 302 g/mol. The van der Waals surface area contributed by atoms with Gasteiger partial charge in [0, 0.05) is 10.4 Å². The number of rotatable bonds is 5. The molecule has 0 radical (unpaired) electrons. The topological polar surface area (TPSA) is 44.5 Å². The lowest BCUT2D eigenvalue weighted by Gasteiger charge is -2.11. The minimum Gasteiger partial charge on any atom is -0.493 e. The van der Waals surface area contributed by atoms with Crippen molar-refractivity contribution in [3.05, 3.63) is 45.1 Å². The number of hydrogen-bond acceptors (Lipinski definition) is 4. The summed E-state index contributed by atoms with van der Waals surface area (Å²) >= 11 is 12.3. The molecule has 1 aromatic heterocycles. The average molecular weight is 314 g/mol. The molecule has 0 bridgehead atoms. The van der Waals surface area contributed by atoms with Crippen LogP contribution in [-0.2, 0) is 6.61 Å². The van der Waals surface area contributed by atoms with Gasteiger partial charge in [-0.3, -0.25) is 0 Å². The summed E-state index contributed by atoms with van der Waals surface area (Å²) in [4.78, 5) is 1.38. The van der Waals surface area contributed by atoms with Gasteiger partial charge in [-0.15, -0.1) is 11.3 Å². The maximum atomic E-state index is 5.87. The molecule has 1 aromatic carbocycles. The van der Waals surface area contributed by atoms with Crippen LogP contribution in [0, 0.1) is 0 Å². The lowest BCUT2D eigenvalue weighted by Crippen LogP contribution is -2.09. The fraction of sp³-hybridized carbons (Fsp3) is 0.154. The molecule has 0 saturated heterocycles. The Kier molecular flexibility index (Phi) is 4.63. The highest BCUT2D eigenvalue weighted by Crippen LogP contribution is 2.30. The van der Waals surface area contributed by atoms with Gasteiger partial charge in [0.15, 0.2) is 11.5 Å². The highest BCUT2D eigenvalue weighted by atomic mass is 35.5. The zero-order chi connectivity index (χ0) is 13.8. The van der Waals surface area contributed by atoms with Crippen LogP contribution in [0.4, 0.5) is 0 Å². The minimum atomic E-state index is 0.329. The van der Waals surface area contributed by atoms with E-state index < -0.39 is 0 Å². The third-order valence-electron chi connectivity index (χ3n) is 2.45. The van der Waals surface area contributed by atoms with Crippen LogP contribution >= 0.6 is 35.2 Å². The van der Waals surface area contributed by atoms with E-state index in [9.17, 15) is 0 Å². The van der Waals surface area contributed by atoms with Gasteiger partial charge in [0.25, 0.3) is 0 Å². The normalized spacial score (nSPS) is 10.2. The smallest absolute Gasteiger partial charge is 0.161 e. The van der Waals surface area contributed by atoms with Gasteiger partial charge in [-0.2, -0.15) is 0 Å². The zero-order valence-electron chi connectivity index (χ0n) is 10.2. The van der Waals surface area contributed by atoms with E-state index in [2.05, 4.69) is 0 Å². The van der Waals surface area contributed by atoms with Crippen molar-refractivity contribution >= 4 is 40.1 Å². The van der Waals surface area contributed by atoms with Gasteiger partial charge in [0.1, 0.15) is 11.6 Å². The van der Waals surface area contributed by atoms with Gasteiger partial charge in [-0.1, -0.05) is 23.8 Å². The summed E-state index contributed by atoms with van der Waals surface area (Å²) in [6, 6.07) is 9.14. The maximum absolute atomic E-state index is 5.87. The van der Waals surface area contributed by atoms with Gasteiger partial charge < -0.3 is 15.2 Å². The van der Waals surface area contributed by atoms with E-state index in [1.807, 2.05) is 18.2 Å². The fourth-order valence-electron chi connectivity index (χ4n) is 1.52. The van der Waals surface area contributed by atoms with Crippen molar-refractivity contribution in [3.8, 4) is 11.5 Å². The van der Waals surface area contributed by atoms with Gasteiger partial charge in [-0.25, -0.2) is 0 Å². The summed E-state index contributed by atoms with van der Waals surface area (Å²) in [5, 5.41) is 0. The van der Waals surface area contributed by atoms with E-state index >= 15 is 0 Å². The summed E-state index contributed by atoms with van der Waals surface area (Å²) in [6.45, 7) is 0.445. The Hall–Kier alpha value is -1.30. The van der Waals surface area contributed by atoms with Gasteiger partial charge >= 0.3 is 0 Å². The number of methoxy groups -OCH3 is 1. The van der Waals surface area contributed by atoms with Crippen molar-refractivity contribution < 1.29 is 9.47 Å². The van der Waals surface area contributed by atoms with Crippen molar-refractivity contribution in [2.24, 2.45) is 5.73 Å². The van der Waals surface area contributed by atoms with Gasteiger partial charge in [0.05, 0.1) is 11.4 Å². The van der Waals surface area contributed by atoms with Crippen molar-refractivity contribution in [1.82, 2.24) is 0 Å². The Bertz CT molecular complexity index is 598. The molecule has 19 heavy (non-hydrogen) atoms. The summed E-state index contributed by atoms with van der Waals surface area (Å²) in [6.07, 6.45) is 0. The predicted octanol–water partition coefficient (Wildman–Crippen LogP) is 3.62. The lowest BCUT2D eigenvalue weighted by atomic mass is 10.2. The van der Waals surface area contributed by atoms with E-state index in [4.69, 9.17) is 39.0 Å². The summed E-state index contributed by atoms with van der Waals surface area (Å²) in [5.74, 6) is 1.25. The molecular formula is C13H12ClNO2S2. The summed E-state index contributed by atoms with van der Waals surface area (Å²) in [7, 11) is 1.58. The third kappa shape index (κ3) is 3.59. The molecule has 0 spiro atoms. The highest BCUT2D eigenvalue weighted by Gasteiger charge is 2.08. The number of hydrogen-bond donors (Lipinski definition) is 1. The minimum absolute atomic E-state index is 0.329. The van der Waals surface area contributed by atoms with Crippen LogP contribution in [0.3, 0.4) is 0 Å². The predicted molar refractivity (Wildman–Crippen MR) is 82.5 cm³/mol. The Labute approximate surface area is 125 Å². The largest absolute Gasteiger partial charge is 0.493 e. The Morgan fingerprint density at radius 1 is 1.32 bits per heavy atom. The molecule has 1 heterocycles. The van der Waals surface area contributed by atoms with E-state index in [0.29, 0.717) is 23.1 Å². The first-order valence-electron chi connectivity index (χ1n) is 5.45. The second-order valence-electron chi connectivity index (χ2n) is 3.72. The Balaban J connectivity index is 2.13. The van der Waals surface area contributed by atoms with Crippen molar-refractivity contribution in [1.29, 1.82) is 0 Å². The van der Waals surface area contributed by atoms with Crippen molar-refractivity contribution in [2.45, 2.75) is 6.61 Å².